The summed E-state index contributed by atoms with van der Waals surface area (Å²) in [4.78, 5) is 64.6. The molecule has 3 N–H and O–H groups in total. The Kier molecular flexibility index (Phi) is 10.4. The maximum absolute atomic E-state index is 13.5. The average molecular weight is 679 g/mol. The molecule has 0 spiro atoms. The van der Waals surface area contributed by atoms with Crippen molar-refractivity contribution >= 4 is 35.6 Å². The van der Waals surface area contributed by atoms with E-state index in [2.05, 4.69) is 5.32 Å². The van der Waals surface area contributed by atoms with Gasteiger partial charge < -0.3 is 29.9 Å². The topological polar surface area (TPSA) is 160 Å². The molecule has 14 heteroatoms. The summed E-state index contributed by atoms with van der Waals surface area (Å²) in [6, 6.07) is 19.5. The first-order valence-electron chi connectivity index (χ1n) is 14.4. The van der Waals surface area contributed by atoms with E-state index in [4.69, 9.17) is 9.47 Å². The number of ether oxygens (including phenoxy) is 2. The summed E-state index contributed by atoms with van der Waals surface area (Å²) in [7, 11) is 2.86. The lowest BCUT2D eigenvalue weighted by molar-refractivity contribution is -0.160. The SMILES string of the molecule is Cc1ccc(C(=O)Nc2ccc(OC(=O)OCC(C(=O)O)(C(=O)O)c3ccccc3)cc2C(=O)N(C)C)c(-c2ccc(C(F)(F)F)cc2)c1. The zero-order chi connectivity index (χ0) is 36.1. The van der Waals surface area contributed by atoms with Crippen LogP contribution in [0.25, 0.3) is 11.1 Å². The number of nitrogens with zero attached hydrogens (tertiary/aromatic N) is 1. The van der Waals surface area contributed by atoms with Crippen LogP contribution in [-0.4, -0.2) is 65.7 Å². The molecule has 0 unspecified atom stereocenters. The number of rotatable bonds is 10. The summed E-state index contributed by atoms with van der Waals surface area (Å²) < 4.78 is 49.5. The van der Waals surface area contributed by atoms with E-state index in [9.17, 15) is 47.4 Å². The first-order valence-corrected chi connectivity index (χ1v) is 14.4. The zero-order valence-corrected chi connectivity index (χ0v) is 26.2. The molecule has 4 aromatic rings. The third-order valence-corrected chi connectivity index (χ3v) is 7.42. The molecule has 0 aliphatic heterocycles. The second-order valence-corrected chi connectivity index (χ2v) is 11.0. The van der Waals surface area contributed by atoms with Crippen molar-refractivity contribution in [3.05, 3.63) is 119 Å². The van der Waals surface area contributed by atoms with Crippen LogP contribution in [0.5, 0.6) is 5.75 Å². The quantitative estimate of drug-likeness (QED) is 0.100. The number of aliphatic carboxylic acids is 2. The number of halogens is 3. The number of carbonyl (C=O) groups excluding carboxylic acids is 3. The van der Waals surface area contributed by atoms with Gasteiger partial charge >= 0.3 is 24.3 Å². The van der Waals surface area contributed by atoms with Crippen molar-refractivity contribution in [3.8, 4) is 16.9 Å². The van der Waals surface area contributed by atoms with Crippen molar-refractivity contribution in [2.45, 2.75) is 18.5 Å². The summed E-state index contributed by atoms with van der Waals surface area (Å²) in [5.74, 6) is -5.15. The summed E-state index contributed by atoms with van der Waals surface area (Å²) in [5.41, 5.74) is -2.30. The normalized spacial score (nSPS) is 11.3. The molecule has 0 heterocycles. The van der Waals surface area contributed by atoms with Gasteiger partial charge in [-0.05, 0) is 60.0 Å². The summed E-state index contributed by atoms with van der Waals surface area (Å²) in [5, 5.41) is 22.2. The number of benzene rings is 4. The van der Waals surface area contributed by atoms with E-state index < -0.39 is 53.7 Å². The molecule has 4 rings (SSSR count). The molecule has 0 atom stereocenters. The number of hydrogen-bond donors (Lipinski definition) is 3. The monoisotopic (exact) mass is 678 g/mol. The highest BCUT2D eigenvalue weighted by atomic mass is 19.4. The average Bonchev–Trinajstić information content (AvgIpc) is 3.05. The zero-order valence-electron chi connectivity index (χ0n) is 26.2. The summed E-state index contributed by atoms with van der Waals surface area (Å²) >= 11 is 0. The van der Waals surface area contributed by atoms with Gasteiger partial charge in [-0.2, -0.15) is 13.2 Å². The number of carboxylic acids is 2. The highest BCUT2D eigenvalue weighted by Crippen LogP contribution is 2.33. The van der Waals surface area contributed by atoms with Crippen LogP contribution in [0.3, 0.4) is 0 Å². The summed E-state index contributed by atoms with van der Waals surface area (Å²) in [6.07, 6.45) is -6.01. The molecule has 49 heavy (non-hydrogen) atoms. The second-order valence-electron chi connectivity index (χ2n) is 11.0. The number of aryl methyl sites for hydroxylation is 1. The van der Waals surface area contributed by atoms with Crippen LogP contribution in [0, 0.1) is 6.92 Å². The fourth-order valence-corrected chi connectivity index (χ4v) is 4.80. The van der Waals surface area contributed by atoms with E-state index in [1.807, 2.05) is 0 Å². The lowest BCUT2D eigenvalue weighted by Gasteiger charge is -2.24. The van der Waals surface area contributed by atoms with E-state index in [1.54, 1.807) is 25.1 Å². The van der Waals surface area contributed by atoms with Crippen LogP contribution in [0.2, 0.25) is 0 Å². The number of hydrogen-bond acceptors (Lipinski definition) is 7. The smallest absolute Gasteiger partial charge is 0.480 e. The van der Waals surface area contributed by atoms with Crippen LogP contribution < -0.4 is 10.1 Å². The molecule has 0 fully saturated rings. The number of carboxylic acid groups (broad SMARTS) is 2. The van der Waals surface area contributed by atoms with Gasteiger partial charge in [0.15, 0.2) is 0 Å². The van der Waals surface area contributed by atoms with Gasteiger partial charge in [-0.3, -0.25) is 19.2 Å². The van der Waals surface area contributed by atoms with Gasteiger partial charge in [-0.1, -0.05) is 60.2 Å². The molecule has 254 valence electrons. The Morgan fingerprint density at radius 1 is 0.776 bits per heavy atom. The molecule has 0 saturated heterocycles. The molecule has 11 nitrogen and oxygen atoms in total. The fourth-order valence-electron chi connectivity index (χ4n) is 4.80. The molecule has 4 aromatic carbocycles. The van der Waals surface area contributed by atoms with E-state index in [0.29, 0.717) is 11.1 Å². The van der Waals surface area contributed by atoms with Gasteiger partial charge in [-0.15, -0.1) is 0 Å². The maximum Gasteiger partial charge on any atom is 0.513 e. The Hall–Kier alpha value is -6.18. The minimum atomic E-state index is -4.54. The Labute approximate surface area is 277 Å². The van der Waals surface area contributed by atoms with Crippen LogP contribution in [0.15, 0.2) is 91.0 Å². The molecule has 0 radical (unpaired) electrons. The molecular weight excluding hydrogens is 649 g/mol. The van der Waals surface area contributed by atoms with Gasteiger partial charge in [0.1, 0.15) is 12.4 Å². The molecular formula is C35H29F3N2O9. The van der Waals surface area contributed by atoms with E-state index in [1.165, 1.54) is 73.6 Å². The van der Waals surface area contributed by atoms with Crippen molar-refractivity contribution in [2.75, 3.05) is 26.0 Å². The van der Waals surface area contributed by atoms with Crippen LogP contribution in [0.1, 0.15) is 37.4 Å². The van der Waals surface area contributed by atoms with E-state index in [0.717, 1.165) is 23.8 Å². The minimum Gasteiger partial charge on any atom is -0.480 e. The van der Waals surface area contributed by atoms with Crippen molar-refractivity contribution in [1.82, 2.24) is 4.90 Å². The van der Waals surface area contributed by atoms with Crippen LogP contribution in [0.4, 0.5) is 23.7 Å². The van der Waals surface area contributed by atoms with Gasteiger partial charge in [0, 0.05) is 19.7 Å². The van der Waals surface area contributed by atoms with Crippen molar-refractivity contribution < 1.29 is 56.8 Å². The first kappa shape index (κ1) is 35.7. The summed E-state index contributed by atoms with van der Waals surface area (Å²) in [6.45, 7) is 0.619. The predicted molar refractivity (Wildman–Crippen MR) is 169 cm³/mol. The fraction of sp³-hybridized carbons (Fsp3) is 0.171. The molecule has 0 aliphatic carbocycles. The highest BCUT2D eigenvalue weighted by molar-refractivity contribution is 6.12. The van der Waals surface area contributed by atoms with Gasteiger partial charge in [-0.25, -0.2) is 4.79 Å². The Morgan fingerprint density at radius 2 is 1.41 bits per heavy atom. The predicted octanol–water partition coefficient (Wildman–Crippen LogP) is 6.26. The number of nitrogens with one attached hydrogen (secondary N) is 1. The van der Waals surface area contributed by atoms with Crippen molar-refractivity contribution in [3.63, 3.8) is 0 Å². The molecule has 0 aliphatic rings. The third-order valence-electron chi connectivity index (χ3n) is 7.42. The van der Waals surface area contributed by atoms with Crippen molar-refractivity contribution in [2.24, 2.45) is 0 Å². The van der Waals surface area contributed by atoms with Crippen molar-refractivity contribution in [1.29, 1.82) is 0 Å². The minimum absolute atomic E-state index is 0.0109. The van der Waals surface area contributed by atoms with Gasteiger partial charge in [0.2, 0.25) is 5.41 Å². The second kappa shape index (κ2) is 14.3. The highest BCUT2D eigenvalue weighted by Gasteiger charge is 2.50. The van der Waals surface area contributed by atoms with Crippen LogP contribution in [-0.2, 0) is 25.9 Å². The molecule has 0 saturated carbocycles. The largest absolute Gasteiger partial charge is 0.513 e. The van der Waals surface area contributed by atoms with E-state index >= 15 is 0 Å². The van der Waals surface area contributed by atoms with E-state index in [-0.39, 0.29) is 28.1 Å². The molecule has 0 bridgehead atoms. The Bertz CT molecular complexity index is 1890. The van der Waals surface area contributed by atoms with Gasteiger partial charge in [0.25, 0.3) is 11.8 Å². The molecule has 0 aromatic heterocycles. The molecule has 2 amide bonds. The third kappa shape index (κ3) is 7.87. The Balaban J connectivity index is 1.60. The lowest BCUT2D eigenvalue weighted by Crippen LogP contribution is -2.48. The van der Waals surface area contributed by atoms with Gasteiger partial charge in [0.05, 0.1) is 16.8 Å². The Morgan fingerprint density at radius 3 is 1.98 bits per heavy atom. The number of carbonyl (C=O) groups is 5. The maximum atomic E-state index is 13.5. The lowest BCUT2D eigenvalue weighted by atomic mass is 9.81. The first-order chi connectivity index (χ1) is 23.0. The number of anilines is 1. The standard InChI is InChI=1S/C35H29F3N2O9/c1-20-9-15-25(26(17-20)21-10-12-23(13-11-21)35(36,37)38)29(41)39-28-16-14-24(18-27(28)30(42)40(2)3)49-33(47)48-19-34(31(43)44,32(45)46)22-7-5-4-6-8-22/h4-18H,19H2,1-3H3,(H,39,41)(H,43,44)(H,45,46). The number of alkyl halides is 3. The van der Waals surface area contributed by atoms with Crippen LogP contribution >= 0.6 is 0 Å². The number of amides is 2.